The van der Waals surface area contributed by atoms with Crippen molar-refractivity contribution in [3.05, 3.63) is 82.7 Å². The number of hydrogen-bond acceptors (Lipinski definition) is 3. The molecule has 0 atom stereocenters. The van der Waals surface area contributed by atoms with Gasteiger partial charge >= 0.3 is 5.63 Å². The van der Waals surface area contributed by atoms with E-state index in [2.05, 4.69) is 0 Å². The molecule has 2 aromatic heterocycles. The van der Waals surface area contributed by atoms with E-state index in [1.807, 2.05) is 67.6 Å². The first kappa shape index (κ1) is 13.5. The first-order chi connectivity index (χ1) is 11.2. The summed E-state index contributed by atoms with van der Waals surface area (Å²) < 4.78 is 7.16. The van der Waals surface area contributed by atoms with Crippen LogP contribution in [-0.4, -0.2) is 9.78 Å². The number of hydrogen-bond donors (Lipinski definition) is 0. The Balaban J connectivity index is 2.11. The van der Waals surface area contributed by atoms with Crippen LogP contribution < -0.4 is 5.63 Å². The van der Waals surface area contributed by atoms with Crippen LogP contribution in [0, 0.1) is 6.92 Å². The SMILES string of the molecule is Cc1cc(=O)oc2c1c(-c1ccccc1)nn2-c1ccccc1. The highest BCUT2D eigenvalue weighted by Crippen LogP contribution is 2.31. The summed E-state index contributed by atoms with van der Waals surface area (Å²) >= 11 is 0. The number of aromatic nitrogens is 2. The Bertz CT molecular complexity index is 1030. The van der Waals surface area contributed by atoms with E-state index in [-0.39, 0.29) is 5.63 Å². The Kier molecular flexibility index (Phi) is 3.08. The summed E-state index contributed by atoms with van der Waals surface area (Å²) in [6.07, 6.45) is 0. The highest BCUT2D eigenvalue weighted by molar-refractivity contribution is 5.93. The van der Waals surface area contributed by atoms with Gasteiger partial charge in [0.05, 0.1) is 11.1 Å². The van der Waals surface area contributed by atoms with E-state index < -0.39 is 0 Å². The molecule has 0 unspecified atom stereocenters. The zero-order chi connectivity index (χ0) is 15.8. The van der Waals surface area contributed by atoms with Crippen molar-refractivity contribution in [3.8, 4) is 16.9 Å². The van der Waals surface area contributed by atoms with Gasteiger partial charge in [0, 0.05) is 11.6 Å². The van der Waals surface area contributed by atoms with Crippen molar-refractivity contribution >= 4 is 11.1 Å². The average molecular weight is 302 g/mol. The number of rotatable bonds is 2. The highest BCUT2D eigenvalue weighted by atomic mass is 16.4. The lowest BCUT2D eigenvalue weighted by molar-refractivity contribution is 0.535. The summed E-state index contributed by atoms with van der Waals surface area (Å²) in [6, 6.07) is 21.1. The monoisotopic (exact) mass is 302 g/mol. The first-order valence-electron chi connectivity index (χ1n) is 7.38. The molecule has 0 radical (unpaired) electrons. The van der Waals surface area contributed by atoms with Gasteiger partial charge in [-0.15, -0.1) is 0 Å². The molecule has 4 heteroatoms. The maximum absolute atomic E-state index is 11.8. The summed E-state index contributed by atoms with van der Waals surface area (Å²) in [6.45, 7) is 1.91. The van der Waals surface area contributed by atoms with Gasteiger partial charge in [-0.05, 0) is 24.6 Å². The van der Waals surface area contributed by atoms with E-state index in [4.69, 9.17) is 9.52 Å². The summed E-state index contributed by atoms with van der Waals surface area (Å²) in [4.78, 5) is 11.8. The van der Waals surface area contributed by atoms with E-state index in [1.54, 1.807) is 4.68 Å². The Morgan fingerprint density at radius 2 is 1.61 bits per heavy atom. The molecule has 0 spiro atoms. The van der Waals surface area contributed by atoms with Crippen LogP contribution in [0.15, 0.2) is 75.9 Å². The quantitative estimate of drug-likeness (QED) is 0.563. The molecule has 0 amide bonds. The molecule has 0 aliphatic carbocycles. The molecule has 0 saturated heterocycles. The van der Waals surface area contributed by atoms with Gasteiger partial charge in [0.2, 0.25) is 5.71 Å². The van der Waals surface area contributed by atoms with Crippen molar-refractivity contribution in [2.24, 2.45) is 0 Å². The molecule has 0 aliphatic heterocycles. The predicted molar refractivity (Wildman–Crippen MR) is 89.8 cm³/mol. The fraction of sp³-hybridized carbons (Fsp3) is 0.0526. The van der Waals surface area contributed by atoms with Crippen LogP contribution >= 0.6 is 0 Å². The number of nitrogens with zero attached hydrogens (tertiary/aromatic N) is 2. The second-order valence-electron chi connectivity index (χ2n) is 5.39. The van der Waals surface area contributed by atoms with E-state index in [1.165, 1.54) is 6.07 Å². The molecule has 112 valence electrons. The van der Waals surface area contributed by atoms with Crippen molar-refractivity contribution in [2.45, 2.75) is 6.92 Å². The molecule has 23 heavy (non-hydrogen) atoms. The summed E-state index contributed by atoms with van der Waals surface area (Å²) in [5, 5.41) is 5.58. The van der Waals surface area contributed by atoms with Crippen molar-refractivity contribution in [2.75, 3.05) is 0 Å². The largest absolute Gasteiger partial charge is 0.403 e. The number of para-hydroxylation sites is 1. The molecule has 4 aromatic rings. The van der Waals surface area contributed by atoms with Crippen LogP contribution in [0.25, 0.3) is 28.0 Å². The molecule has 0 saturated carbocycles. The third-order valence-corrected chi connectivity index (χ3v) is 3.82. The number of fused-ring (bicyclic) bond motifs is 1. The van der Waals surface area contributed by atoms with Crippen molar-refractivity contribution < 1.29 is 4.42 Å². The summed E-state index contributed by atoms with van der Waals surface area (Å²) in [5.41, 5.74) is 3.62. The van der Waals surface area contributed by atoms with Gasteiger partial charge in [0.1, 0.15) is 5.69 Å². The van der Waals surface area contributed by atoms with Gasteiger partial charge in [-0.2, -0.15) is 9.78 Å². The first-order valence-corrected chi connectivity index (χ1v) is 7.38. The lowest BCUT2D eigenvalue weighted by atomic mass is 10.1. The molecule has 4 rings (SSSR count). The molecule has 2 heterocycles. The maximum atomic E-state index is 11.8. The molecule has 0 aliphatic rings. The van der Waals surface area contributed by atoms with Crippen molar-refractivity contribution in [1.82, 2.24) is 9.78 Å². The van der Waals surface area contributed by atoms with Crippen molar-refractivity contribution in [3.63, 3.8) is 0 Å². The molecular formula is C19H14N2O2. The minimum absolute atomic E-state index is 0.369. The van der Waals surface area contributed by atoms with Crippen molar-refractivity contribution in [1.29, 1.82) is 0 Å². The summed E-state index contributed by atoms with van der Waals surface area (Å²) in [7, 11) is 0. The lowest BCUT2D eigenvalue weighted by Gasteiger charge is -2.01. The molecule has 0 fully saturated rings. The zero-order valence-electron chi connectivity index (χ0n) is 12.6. The van der Waals surface area contributed by atoms with Gasteiger partial charge in [-0.25, -0.2) is 4.79 Å². The topological polar surface area (TPSA) is 48.0 Å². The summed E-state index contributed by atoms with van der Waals surface area (Å²) in [5.74, 6) is 0. The van der Waals surface area contributed by atoms with Gasteiger partial charge in [-0.1, -0.05) is 48.5 Å². The average Bonchev–Trinajstić information content (AvgIpc) is 2.96. The van der Waals surface area contributed by atoms with Crippen LogP contribution in [0.3, 0.4) is 0 Å². The zero-order valence-corrected chi connectivity index (χ0v) is 12.6. The van der Waals surface area contributed by atoms with E-state index in [9.17, 15) is 4.79 Å². The third-order valence-electron chi connectivity index (χ3n) is 3.82. The van der Waals surface area contributed by atoms with Crippen LogP contribution in [0.4, 0.5) is 0 Å². The van der Waals surface area contributed by atoms with E-state index >= 15 is 0 Å². The second kappa shape index (κ2) is 5.25. The van der Waals surface area contributed by atoms with Gasteiger partial charge < -0.3 is 4.42 Å². The molecule has 2 aromatic carbocycles. The minimum atomic E-state index is -0.369. The molecule has 0 N–H and O–H groups in total. The van der Waals surface area contributed by atoms with Gasteiger partial charge in [0.25, 0.3) is 0 Å². The van der Waals surface area contributed by atoms with Crippen LogP contribution in [0.2, 0.25) is 0 Å². The fourth-order valence-electron chi connectivity index (χ4n) is 2.77. The Morgan fingerprint density at radius 3 is 2.30 bits per heavy atom. The predicted octanol–water partition coefficient (Wildman–Crippen LogP) is 3.95. The van der Waals surface area contributed by atoms with E-state index in [0.717, 1.165) is 27.9 Å². The number of aryl methyl sites for hydroxylation is 1. The molecule has 0 bridgehead atoms. The Hall–Kier alpha value is -3.14. The lowest BCUT2D eigenvalue weighted by Crippen LogP contribution is -2.01. The second-order valence-corrected chi connectivity index (χ2v) is 5.39. The molecule has 4 nitrogen and oxygen atoms in total. The Morgan fingerprint density at radius 1 is 0.957 bits per heavy atom. The van der Waals surface area contributed by atoms with Crippen LogP contribution in [-0.2, 0) is 0 Å². The molecular weight excluding hydrogens is 288 g/mol. The number of benzene rings is 2. The van der Waals surface area contributed by atoms with E-state index in [0.29, 0.717) is 5.71 Å². The standard InChI is InChI=1S/C19H14N2O2/c1-13-12-16(22)23-19-17(13)18(14-8-4-2-5-9-14)20-21(19)15-10-6-3-7-11-15/h2-12H,1H3. The Labute approximate surface area is 132 Å². The van der Waals surface area contributed by atoms with Gasteiger partial charge in [0.15, 0.2) is 0 Å². The highest BCUT2D eigenvalue weighted by Gasteiger charge is 2.18. The normalized spacial score (nSPS) is 11.0. The van der Waals surface area contributed by atoms with Crippen LogP contribution in [0.5, 0.6) is 0 Å². The van der Waals surface area contributed by atoms with Gasteiger partial charge in [-0.3, -0.25) is 0 Å². The maximum Gasteiger partial charge on any atom is 0.337 e. The smallest absolute Gasteiger partial charge is 0.337 e. The fourth-order valence-corrected chi connectivity index (χ4v) is 2.77. The van der Waals surface area contributed by atoms with Crippen LogP contribution in [0.1, 0.15) is 5.56 Å². The third kappa shape index (κ3) is 2.25. The minimum Gasteiger partial charge on any atom is -0.403 e.